The Labute approximate surface area is 109 Å². The average Bonchev–Trinajstić information content (AvgIpc) is 2.82. The molecule has 3 rings (SSSR count). The molecule has 7 heteroatoms. The minimum Gasteiger partial charge on any atom is -0.306 e. The first-order chi connectivity index (χ1) is 8.97. The molecule has 102 valence electrons. The zero-order valence-electron chi connectivity index (χ0n) is 10.1. The van der Waals surface area contributed by atoms with Crippen LogP contribution in [0, 0.1) is 5.82 Å². The lowest BCUT2D eigenvalue weighted by Crippen LogP contribution is -2.28. The smallest absolute Gasteiger partial charge is 0.306 e. The Balaban J connectivity index is 2.08. The number of rotatable bonds is 2. The number of H-pyrrole nitrogens is 1. The Morgan fingerprint density at radius 3 is 2.89 bits per heavy atom. The fraction of sp³-hybridized carbons (Fsp3) is 0.417. The second-order valence-corrected chi connectivity index (χ2v) is 7.23. The number of imidazole rings is 1. The van der Waals surface area contributed by atoms with Gasteiger partial charge in [0.15, 0.2) is 9.84 Å². The van der Waals surface area contributed by atoms with E-state index in [2.05, 4.69) is 4.98 Å². The fourth-order valence-electron chi connectivity index (χ4n) is 2.57. The van der Waals surface area contributed by atoms with Crippen molar-refractivity contribution in [2.24, 2.45) is 0 Å². The van der Waals surface area contributed by atoms with Gasteiger partial charge in [-0.05, 0) is 31.0 Å². The van der Waals surface area contributed by atoms with Crippen LogP contribution in [0.1, 0.15) is 12.8 Å². The molecule has 5 nitrogen and oxygen atoms in total. The van der Waals surface area contributed by atoms with Crippen molar-refractivity contribution >= 4 is 20.9 Å². The van der Waals surface area contributed by atoms with Crippen molar-refractivity contribution in [1.29, 1.82) is 0 Å². The standard InChI is InChI=1S/C12H13FN2O3S/c13-8-3-4-10-11(6-8)15(12(16)14-10)7-9-2-1-5-19(9,17)18/h3-4,6,9H,1-2,5,7H2,(H,14,16). The first-order valence-corrected chi connectivity index (χ1v) is 7.78. The molecule has 1 atom stereocenters. The predicted octanol–water partition coefficient (Wildman–Crippen LogP) is 1.05. The van der Waals surface area contributed by atoms with Crippen molar-refractivity contribution in [3.8, 4) is 0 Å². The number of sulfone groups is 1. The van der Waals surface area contributed by atoms with Crippen LogP contribution in [0.4, 0.5) is 4.39 Å². The van der Waals surface area contributed by atoms with Crippen LogP contribution in [0.3, 0.4) is 0 Å². The summed E-state index contributed by atoms with van der Waals surface area (Å²) in [5.74, 6) is -0.280. The lowest BCUT2D eigenvalue weighted by molar-refractivity contribution is 0.565. The monoisotopic (exact) mass is 284 g/mol. The largest absolute Gasteiger partial charge is 0.326 e. The highest BCUT2D eigenvalue weighted by Crippen LogP contribution is 2.22. The van der Waals surface area contributed by atoms with E-state index in [-0.39, 0.29) is 12.3 Å². The number of aromatic amines is 1. The number of halogens is 1. The van der Waals surface area contributed by atoms with E-state index < -0.39 is 26.6 Å². The van der Waals surface area contributed by atoms with Gasteiger partial charge < -0.3 is 4.98 Å². The molecule has 1 saturated heterocycles. The lowest BCUT2D eigenvalue weighted by Gasteiger charge is -2.10. The van der Waals surface area contributed by atoms with Gasteiger partial charge in [-0.25, -0.2) is 17.6 Å². The van der Waals surface area contributed by atoms with Gasteiger partial charge in [-0.1, -0.05) is 0 Å². The summed E-state index contributed by atoms with van der Waals surface area (Å²) in [4.78, 5) is 14.4. The fourth-order valence-corrected chi connectivity index (χ4v) is 4.38. The third-order valence-electron chi connectivity index (χ3n) is 3.59. The van der Waals surface area contributed by atoms with Crippen LogP contribution >= 0.6 is 0 Å². The van der Waals surface area contributed by atoms with E-state index in [1.165, 1.54) is 22.8 Å². The van der Waals surface area contributed by atoms with Gasteiger partial charge in [0.2, 0.25) is 0 Å². The number of aromatic nitrogens is 2. The van der Waals surface area contributed by atoms with Gasteiger partial charge in [0, 0.05) is 6.54 Å². The molecule has 2 aromatic rings. The van der Waals surface area contributed by atoms with Crippen LogP contribution in [0.5, 0.6) is 0 Å². The lowest BCUT2D eigenvalue weighted by atomic mass is 10.2. The number of nitrogens with one attached hydrogen (secondary N) is 1. The average molecular weight is 284 g/mol. The third kappa shape index (κ3) is 2.07. The Kier molecular flexibility index (Phi) is 2.74. The maximum Gasteiger partial charge on any atom is 0.326 e. The maximum absolute atomic E-state index is 13.2. The predicted molar refractivity (Wildman–Crippen MR) is 69.3 cm³/mol. The van der Waals surface area contributed by atoms with E-state index in [1.807, 2.05) is 0 Å². The minimum atomic E-state index is -3.13. The Bertz CT molecular complexity index is 791. The molecule has 1 unspecified atom stereocenters. The Morgan fingerprint density at radius 1 is 1.42 bits per heavy atom. The molecular formula is C12H13FN2O3S. The SMILES string of the molecule is O=c1[nH]c2ccc(F)cc2n1CC1CCCS1(=O)=O. The number of hydrogen-bond acceptors (Lipinski definition) is 3. The van der Waals surface area contributed by atoms with E-state index in [0.29, 0.717) is 23.9 Å². The summed E-state index contributed by atoms with van der Waals surface area (Å²) in [6.45, 7) is 0.0879. The van der Waals surface area contributed by atoms with Gasteiger partial charge in [0.1, 0.15) is 5.82 Å². The quantitative estimate of drug-likeness (QED) is 0.896. The summed E-state index contributed by atoms with van der Waals surface area (Å²) >= 11 is 0. The van der Waals surface area contributed by atoms with Gasteiger partial charge in [0.25, 0.3) is 0 Å². The highest BCUT2D eigenvalue weighted by molar-refractivity contribution is 7.92. The summed E-state index contributed by atoms with van der Waals surface area (Å²) in [7, 11) is -3.13. The summed E-state index contributed by atoms with van der Waals surface area (Å²) in [5, 5.41) is -0.549. The highest BCUT2D eigenvalue weighted by Gasteiger charge is 2.32. The van der Waals surface area contributed by atoms with Crippen molar-refractivity contribution in [2.75, 3.05) is 5.75 Å². The molecule has 1 aromatic carbocycles. The van der Waals surface area contributed by atoms with Crippen molar-refractivity contribution in [1.82, 2.24) is 9.55 Å². The second kappa shape index (κ2) is 4.19. The van der Waals surface area contributed by atoms with Crippen LogP contribution in [-0.2, 0) is 16.4 Å². The van der Waals surface area contributed by atoms with Gasteiger partial charge in [-0.3, -0.25) is 4.57 Å². The maximum atomic E-state index is 13.2. The summed E-state index contributed by atoms with van der Waals surface area (Å²) in [5.41, 5.74) is 0.525. The molecule has 1 aliphatic rings. The Morgan fingerprint density at radius 2 is 2.21 bits per heavy atom. The number of hydrogen-bond donors (Lipinski definition) is 1. The van der Waals surface area contributed by atoms with Crippen molar-refractivity contribution in [3.05, 3.63) is 34.5 Å². The molecule has 0 spiro atoms. The molecule has 0 radical (unpaired) electrons. The topological polar surface area (TPSA) is 71.9 Å². The van der Waals surface area contributed by atoms with Crippen molar-refractivity contribution in [3.63, 3.8) is 0 Å². The van der Waals surface area contributed by atoms with Crippen LogP contribution < -0.4 is 5.69 Å². The minimum absolute atomic E-state index is 0.0879. The molecule has 0 bridgehead atoms. The highest BCUT2D eigenvalue weighted by atomic mass is 32.2. The number of fused-ring (bicyclic) bond motifs is 1. The van der Waals surface area contributed by atoms with E-state index >= 15 is 0 Å². The van der Waals surface area contributed by atoms with Gasteiger partial charge in [-0.2, -0.15) is 0 Å². The molecule has 1 aromatic heterocycles. The molecule has 2 heterocycles. The molecule has 0 aliphatic carbocycles. The summed E-state index contributed by atoms with van der Waals surface area (Å²) in [6.07, 6.45) is 1.18. The van der Waals surface area contributed by atoms with Gasteiger partial charge >= 0.3 is 5.69 Å². The molecular weight excluding hydrogens is 271 g/mol. The van der Waals surface area contributed by atoms with Crippen LogP contribution in [0.15, 0.2) is 23.0 Å². The van der Waals surface area contributed by atoms with E-state index in [9.17, 15) is 17.6 Å². The molecule has 1 aliphatic heterocycles. The number of benzene rings is 1. The molecule has 0 amide bonds. The Hall–Kier alpha value is -1.63. The van der Waals surface area contributed by atoms with E-state index in [4.69, 9.17) is 0 Å². The molecule has 0 saturated carbocycles. The van der Waals surface area contributed by atoms with Crippen LogP contribution in [0.2, 0.25) is 0 Å². The molecule has 1 fully saturated rings. The van der Waals surface area contributed by atoms with Crippen molar-refractivity contribution in [2.45, 2.75) is 24.6 Å². The zero-order chi connectivity index (χ0) is 13.6. The first-order valence-electron chi connectivity index (χ1n) is 6.07. The normalized spacial score (nSPS) is 22.1. The third-order valence-corrected chi connectivity index (χ3v) is 5.84. The first kappa shape index (κ1) is 12.4. The molecule has 19 heavy (non-hydrogen) atoms. The second-order valence-electron chi connectivity index (χ2n) is 4.83. The summed E-state index contributed by atoms with van der Waals surface area (Å²) in [6, 6.07) is 3.98. The van der Waals surface area contributed by atoms with Crippen molar-refractivity contribution < 1.29 is 12.8 Å². The zero-order valence-corrected chi connectivity index (χ0v) is 10.9. The summed E-state index contributed by atoms with van der Waals surface area (Å²) < 4.78 is 38.2. The van der Waals surface area contributed by atoms with Crippen LogP contribution in [0.25, 0.3) is 11.0 Å². The van der Waals surface area contributed by atoms with E-state index in [0.717, 1.165) is 0 Å². The van der Waals surface area contributed by atoms with Gasteiger partial charge in [0.05, 0.1) is 22.0 Å². The number of nitrogens with zero attached hydrogens (tertiary/aromatic N) is 1. The molecule has 1 N–H and O–H groups in total. The van der Waals surface area contributed by atoms with E-state index in [1.54, 1.807) is 0 Å². The van der Waals surface area contributed by atoms with Crippen LogP contribution in [-0.4, -0.2) is 29.0 Å². The van der Waals surface area contributed by atoms with Gasteiger partial charge in [-0.15, -0.1) is 0 Å².